The molecule has 0 saturated carbocycles. The van der Waals surface area contributed by atoms with Crippen LogP contribution in [0.5, 0.6) is 0 Å². The quantitative estimate of drug-likeness (QED) is 0.775. The molecule has 1 aromatic carbocycles. The molecule has 0 saturated heterocycles. The summed E-state index contributed by atoms with van der Waals surface area (Å²) in [6.07, 6.45) is 4.11. The Balaban J connectivity index is 1.65. The molecule has 3 rings (SSSR count). The van der Waals surface area contributed by atoms with Crippen LogP contribution in [-0.2, 0) is 4.79 Å². The summed E-state index contributed by atoms with van der Waals surface area (Å²) in [6.45, 7) is 6.27. The van der Waals surface area contributed by atoms with Crippen LogP contribution < -0.4 is 11.1 Å². The molecule has 0 aliphatic carbocycles. The molecule has 0 fully saturated rings. The van der Waals surface area contributed by atoms with Gasteiger partial charge in [-0.05, 0) is 54.6 Å². The minimum absolute atomic E-state index is 0.110. The van der Waals surface area contributed by atoms with Crippen molar-refractivity contribution in [1.82, 2.24) is 4.90 Å². The van der Waals surface area contributed by atoms with Gasteiger partial charge in [-0.25, -0.2) is 0 Å². The number of thiophene rings is 1. The lowest BCUT2D eigenvalue weighted by molar-refractivity contribution is -0.117. The van der Waals surface area contributed by atoms with Crippen molar-refractivity contribution in [3.63, 3.8) is 0 Å². The number of hydrogen-bond acceptors (Lipinski definition) is 4. The second-order valence-electron chi connectivity index (χ2n) is 7.71. The zero-order valence-corrected chi connectivity index (χ0v) is 17.2. The highest BCUT2D eigenvalue weighted by Crippen LogP contribution is 2.33. The summed E-state index contributed by atoms with van der Waals surface area (Å²) in [7, 11) is 2.15. The Morgan fingerprint density at radius 3 is 2.52 bits per heavy atom. The SMILES string of the molecule is CC(C)CC(N)C(=O)Nc1ccc(-c2ccc(C3=CCN(C)CC3)cc2)s1. The predicted octanol–water partition coefficient (Wildman–Crippen LogP) is 4.45. The van der Waals surface area contributed by atoms with E-state index < -0.39 is 6.04 Å². The van der Waals surface area contributed by atoms with E-state index in [4.69, 9.17) is 5.73 Å². The molecule has 1 aliphatic rings. The maximum Gasteiger partial charge on any atom is 0.241 e. The zero-order valence-electron chi connectivity index (χ0n) is 16.4. The number of carbonyl (C=O) groups is 1. The topological polar surface area (TPSA) is 58.4 Å². The first-order chi connectivity index (χ1) is 12.9. The fraction of sp³-hybridized carbons (Fsp3) is 0.409. The van der Waals surface area contributed by atoms with Gasteiger partial charge in [0.15, 0.2) is 0 Å². The number of hydrogen-bond donors (Lipinski definition) is 2. The Morgan fingerprint density at radius 1 is 1.19 bits per heavy atom. The number of benzene rings is 1. The Labute approximate surface area is 166 Å². The number of rotatable bonds is 6. The molecule has 3 N–H and O–H groups in total. The highest BCUT2D eigenvalue weighted by molar-refractivity contribution is 7.19. The molecular weight excluding hydrogens is 354 g/mol. The lowest BCUT2D eigenvalue weighted by Gasteiger charge is -2.22. The number of nitrogens with two attached hydrogens (primary N) is 1. The van der Waals surface area contributed by atoms with Crippen molar-refractivity contribution in [3.05, 3.63) is 48.0 Å². The van der Waals surface area contributed by atoms with Crippen molar-refractivity contribution in [2.45, 2.75) is 32.7 Å². The van der Waals surface area contributed by atoms with Crippen LogP contribution in [0.3, 0.4) is 0 Å². The van der Waals surface area contributed by atoms with Gasteiger partial charge in [0.2, 0.25) is 5.91 Å². The molecule has 0 bridgehead atoms. The summed E-state index contributed by atoms with van der Waals surface area (Å²) < 4.78 is 0. The molecule has 0 radical (unpaired) electrons. The van der Waals surface area contributed by atoms with Crippen molar-refractivity contribution in [2.75, 3.05) is 25.5 Å². The minimum atomic E-state index is -0.461. The van der Waals surface area contributed by atoms with Crippen LogP contribution in [0, 0.1) is 5.92 Å². The van der Waals surface area contributed by atoms with E-state index in [1.807, 2.05) is 6.07 Å². The van der Waals surface area contributed by atoms with Gasteiger partial charge in [-0.15, -0.1) is 11.3 Å². The van der Waals surface area contributed by atoms with Crippen molar-refractivity contribution < 1.29 is 4.79 Å². The summed E-state index contributed by atoms with van der Waals surface area (Å²) in [5.41, 5.74) is 9.87. The number of amides is 1. The van der Waals surface area contributed by atoms with E-state index in [2.05, 4.69) is 67.5 Å². The molecule has 1 aliphatic heterocycles. The highest BCUT2D eigenvalue weighted by atomic mass is 32.1. The fourth-order valence-electron chi connectivity index (χ4n) is 3.27. The van der Waals surface area contributed by atoms with Crippen LogP contribution in [0.25, 0.3) is 16.0 Å². The Morgan fingerprint density at radius 2 is 1.89 bits per heavy atom. The van der Waals surface area contributed by atoms with Gasteiger partial charge in [0.25, 0.3) is 0 Å². The van der Waals surface area contributed by atoms with Crippen molar-refractivity contribution in [3.8, 4) is 10.4 Å². The molecule has 2 heterocycles. The summed E-state index contributed by atoms with van der Waals surface area (Å²) >= 11 is 1.58. The molecule has 1 atom stereocenters. The molecular formula is C22H29N3OS. The van der Waals surface area contributed by atoms with E-state index in [1.165, 1.54) is 16.7 Å². The average Bonchev–Trinajstić information content (AvgIpc) is 3.10. The monoisotopic (exact) mass is 383 g/mol. The summed E-state index contributed by atoms with van der Waals surface area (Å²) in [5.74, 6) is 0.296. The first-order valence-corrected chi connectivity index (χ1v) is 10.4. The minimum Gasteiger partial charge on any atom is -0.320 e. The Kier molecular flexibility index (Phi) is 6.47. The van der Waals surface area contributed by atoms with E-state index in [0.717, 1.165) is 29.4 Å². The second kappa shape index (κ2) is 8.83. The zero-order chi connectivity index (χ0) is 19.4. The average molecular weight is 384 g/mol. The first kappa shape index (κ1) is 19.8. The van der Waals surface area contributed by atoms with Gasteiger partial charge >= 0.3 is 0 Å². The summed E-state index contributed by atoms with van der Waals surface area (Å²) in [6, 6.07) is 12.3. The van der Waals surface area contributed by atoms with Gasteiger partial charge in [-0.1, -0.05) is 44.2 Å². The van der Waals surface area contributed by atoms with Crippen LogP contribution in [-0.4, -0.2) is 37.0 Å². The third-order valence-corrected chi connectivity index (χ3v) is 5.92. The molecule has 144 valence electrons. The van der Waals surface area contributed by atoms with Gasteiger partial charge in [-0.3, -0.25) is 4.79 Å². The fourth-order valence-corrected chi connectivity index (χ4v) is 4.19. The third kappa shape index (κ3) is 5.28. The van der Waals surface area contributed by atoms with Crippen LogP contribution in [0.4, 0.5) is 5.00 Å². The van der Waals surface area contributed by atoms with E-state index in [0.29, 0.717) is 12.3 Å². The molecule has 2 aromatic rings. The molecule has 4 nitrogen and oxygen atoms in total. The standard InChI is InChI=1S/C22H29N3OS/c1-15(2)14-19(23)22(26)24-21-9-8-20(27-21)18-6-4-16(5-7-18)17-10-12-25(3)13-11-17/h4-10,15,19H,11-14,23H2,1-3H3,(H,24,26). The van der Waals surface area contributed by atoms with Gasteiger partial charge in [0.1, 0.15) is 0 Å². The lowest BCUT2D eigenvalue weighted by Crippen LogP contribution is -2.36. The third-order valence-electron chi connectivity index (χ3n) is 4.87. The van der Waals surface area contributed by atoms with Gasteiger partial charge in [0, 0.05) is 18.0 Å². The predicted molar refractivity (Wildman–Crippen MR) is 116 cm³/mol. The van der Waals surface area contributed by atoms with Gasteiger partial charge < -0.3 is 16.0 Å². The number of carbonyl (C=O) groups excluding carboxylic acids is 1. The van der Waals surface area contributed by atoms with Crippen LogP contribution in [0.15, 0.2) is 42.5 Å². The molecule has 0 spiro atoms. The van der Waals surface area contributed by atoms with Gasteiger partial charge in [-0.2, -0.15) is 0 Å². The Bertz CT molecular complexity index is 807. The highest BCUT2D eigenvalue weighted by Gasteiger charge is 2.16. The number of nitrogens with zero attached hydrogens (tertiary/aromatic N) is 1. The molecule has 1 unspecified atom stereocenters. The van der Waals surface area contributed by atoms with E-state index in [-0.39, 0.29) is 5.91 Å². The molecule has 1 amide bonds. The smallest absolute Gasteiger partial charge is 0.241 e. The Hall–Kier alpha value is -1.95. The van der Waals surface area contributed by atoms with Crippen LogP contribution in [0.2, 0.25) is 0 Å². The largest absolute Gasteiger partial charge is 0.320 e. The summed E-state index contributed by atoms with van der Waals surface area (Å²) in [5, 5.41) is 3.79. The van der Waals surface area contributed by atoms with E-state index in [9.17, 15) is 4.79 Å². The number of nitrogens with one attached hydrogen (secondary N) is 1. The van der Waals surface area contributed by atoms with Crippen molar-refractivity contribution in [2.24, 2.45) is 11.7 Å². The maximum absolute atomic E-state index is 12.2. The maximum atomic E-state index is 12.2. The lowest BCUT2D eigenvalue weighted by atomic mass is 9.98. The first-order valence-electron chi connectivity index (χ1n) is 9.57. The van der Waals surface area contributed by atoms with E-state index in [1.54, 1.807) is 11.3 Å². The van der Waals surface area contributed by atoms with Crippen LogP contribution in [0.1, 0.15) is 32.3 Å². The second-order valence-corrected chi connectivity index (χ2v) is 8.79. The summed E-state index contributed by atoms with van der Waals surface area (Å²) in [4.78, 5) is 15.7. The normalized spacial score (nSPS) is 16.3. The number of anilines is 1. The van der Waals surface area contributed by atoms with Crippen molar-refractivity contribution in [1.29, 1.82) is 0 Å². The van der Waals surface area contributed by atoms with Crippen LogP contribution >= 0.6 is 11.3 Å². The molecule has 1 aromatic heterocycles. The van der Waals surface area contributed by atoms with Gasteiger partial charge in [0.05, 0.1) is 11.0 Å². The van der Waals surface area contributed by atoms with E-state index >= 15 is 0 Å². The van der Waals surface area contributed by atoms with Crippen molar-refractivity contribution >= 4 is 27.8 Å². The molecule has 27 heavy (non-hydrogen) atoms. The molecule has 5 heteroatoms. The number of likely N-dealkylation sites (N-methyl/N-ethyl adjacent to an activating group) is 1.